The van der Waals surface area contributed by atoms with Gasteiger partial charge in [-0.25, -0.2) is 4.99 Å². The maximum Gasteiger partial charge on any atom is 0.183 e. The van der Waals surface area contributed by atoms with Crippen molar-refractivity contribution >= 4 is 5.90 Å². The number of nitrogens with one attached hydrogen (secondary N) is 1. The Bertz CT molecular complexity index is 495. The zero-order chi connectivity index (χ0) is 14.5. The summed E-state index contributed by atoms with van der Waals surface area (Å²) in [6.07, 6.45) is 4.36. The van der Waals surface area contributed by atoms with Gasteiger partial charge in [0.05, 0.1) is 13.2 Å². The Morgan fingerprint density at radius 2 is 2.05 bits per heavy atom. The van der Waals surface area contributed by atoms with Crippen LogP contribution in [0.1, 0.15) is 24.8 Å². The summed E-state index contributed by atoms with van der Waals surface area (Å²) in [4.78, 5) is 4.77. The Hall–Kier alpha value is -1.55. The summed E-state index contributed by atoms with van der Waals surface area (Å²) in [6.45, 7) is 2.96. The lowest BCUT2D eigenvalue weighted by atomic mass is 9.95. The molecular weight excluding hydrogens is 264 g/mol. The summed E-state index contributed by atoms with van der Waals surface area (Å²) in [7, 11) is 1.72. The fourth-order valence-electron chi connectivity index (χ4n) is 3.14. The van der Waals surface area contributed by atoms with Gasteiger partial charge in [-0.15, -0.1) is 0 Å². The molecule has 0 aliphatic carbocycles. The first-order chi connectivity index (χ1) is 10.3. The lowest BCUT2D eigenvalue weighted by molar-refractivity contribution is 0.291. The molecule has 4 nitrogen and oxygen atoms in total. The van der Waals surface area contributed by atoms with Crippen LogP contribution in [0.25, 0.3) is 0 Å². The normalized spacial score (nSPS) is 22.7. The second-order valence-corrected chi connectivity index (χ2v) is 5.90. The van der Waals surface area contributed by atoms with E-state index in [1.165, 1.54) is 18.4 Å². The largest absolute Gasteiger partial charge is 0.496 e. The molecule has 0 spiro atoms. The third kappa shape index (κ3) is 3.76. The first-order valence-electron chi connectivity index (χ1n) is 7.87. The highest BCUT2D eigenvalue weighted by atomic mass is 16.5. The lowest BCUT2D eigenvalue weighted by Gasteiger charge is -2.21. The highest BCUT2D eigenvalue weighted by molar-refractivity contribution is 5.78. The molecule has 21 heavy (non-hydrogen) atoms. The van der Waals surface area contributed by atoms with Crippen LogP contribution in [0.5, 0.6) is 5.75 Å². The van der Waals surface area contributed by atoms with Crippen molar-refractivity contribution in [3.8, 4) is 5.75 Å². The van der Waals surface area contributed by atoms with Crippen LogP contribution < -0.4 is 10.1 Å². The van der Waals surface area contributed by atoms with Crippen molar-refractivity contribution in [1.29, 1.82) is 0 Å². The van der Waals surface area contributed by atoms with Crippen molar-refractivity contribution < 1.29 is 9.47 Å². The minimum atomic E-state index is 0.234. The fraction of sp³-hybridized carbons (Fsp3) is 0.588. The Kier molecular flexibility index (Phi) is 4.76. The molecule has 1 aromatic rings. The first-order valence-corrected chi connectivity index (χ1v) is 7.87. The Morgan fingerprint density at radius 1 is 1.24 bits per heavy atom. The quantitative estimate of drug-likeness (QED) is 0.905. The van der Waals surface area contributed by atoms with Crippen molar-refractivity contribution in [3.63, 3.8) is 0 Å². The Labute approximate surface area is 126 Å². The summed E-state index contributed by atoms with van der Waals surface area (Å²) in [5.74, 6) is 2.64. The maximum atomic E-state index is 5.80. The van der Waals surface area contributed by atoms with Crippen molar-refractivity contribution in [2.24, 2.45) is 10.9 Å². The lowest BCUT2D eigenvalue weighted by Crippen LogP contribution is -2.28. The van der Waals surface area contributed by atoms with Gasteiger partial charge in [-0.1, -0.05) is 18.2 Å². The highest BCUT2D eigenvalue weighted by Gasteiger charge is 2.23. The van der Waals surface area contributed by atoms with Gasteiger partial charge in [0.15, 0.2) is 5.90 Å². The molecule has 0 bridgehead atoms. The molecule has 0 radical (unpaired) electrons. The standard InChI is InChI=1S/C17H24N2O2/c1-20-16-5-3-2-4-14(16)11-15-12-21-17(19-15)10-13-6-8-18-9-7-13/h2-5,13,15,18H,6-12H2,1H3. The van der Waals surface area contributed by atoms with Gasteiger partial charge in [0.2, 0.25) is 0 Å². The van der Waals surface area contributed by atoms with Crippen LogP contribution in [-0.2, 0) is 11.2 Å². The second-order valence-electron chi connectivity index (χ2n) is 5.90. The van der Waals surface area contributed by atoms with Crippen LogP contribution in [-0.4, -0.2) is 38.7 Å². The van der Waals surface area contributed by atoms with Crippen LogP contribution in [0.15, 0.2) is 29.3 Å². The van der Waals surface area contributed by atoms with E-state index in [1.807, 2.05) is 18.2 Å². The van der Waals surface area contributed by atoms with Gasteiger partial charge in [0, 0.05) is 12.8 Å². The van der Waals surface area contributed by atoms with E-state index < -0.39 is 0 Å². The minimum absolute atomic E-state index is 0.234. The van der Waals surface area contributed by atoms with E-state index in [4.69, 9.17) is 14.5 Å². The zero-order valence-corrected chi connectivity index (χ0v) is 12.7. The molecule has 4 heteroatoms. The highest BCUT2D eigenvalue weighted by Crippen LogP contribution is 2.24. The SMILES string of the molecule is COc1ccccc1CC1COC(CC2CCNCC2)=N1. The van der Waals surface area contributed by atoms with Crippen LogP contribution in [0.4, 0.5) is 0 Å². The van der Waals surface area contributed by atoms with Crippen LogP contribution in [0.3, 0.4) is 0 Å². The predicted octanol–water partition coefficient (Wildman–Crippen LogP) is 2.42. The van der Waals surface area contributed by atoms with E-state index in [1.54, 1.807) is 7.11 Å². The molecule has 1 fully saturated rings. The van der Waals surface area contributed by atoms with Crippen molar-refractivity contribution in [3.05, 3.63) is 29.8 Å². The molecule has 3 rings (SSSR count). The van der Waals surface area contributed by atoms with E-state index in [0.29, 0.717) is 6.61 Å². The van der Waals surface area contributed by atoms with E-state index in [2.05, 4.69) is 11.4 Å². The molecule has 1 unspecified atom stereocenters. The molecule has 0 amide bonds. The molecule has 2 aliphatic heterocycles. The molecule has 114 valence electrons. The van der Waals surface area contributed by atoms with E-state index in [-0.39, 0.29) is 6.04 Å². The molecule has 1 N–H and O–H groups in total. The third-order valence-electron chi connectivity index (χ3n) is 4.34. The van der Waals surface area contributed by atoms with Crippen LogP contribution in [0, 0.1) is 5.92 Å². The minimum Gasteiger partial charge on any atom is -0.496 e. The number of rotatable bonds is 5. The fourth-order valence-corrected chi connectivity index (χ4v) is 3.14. The van der Waals surface area contributed by atoms with Gasteiger partial charge in [-0.3, -0.25) is 0 Å². The average Bonchev–Trinajstić information content (AvgIpc) is 2.96. The van der Waals surface area contributed by atoms with E-state index in [9.17, 15) is 0 Å². The third-order valence-corrected chi connectivity index (χ3v) is 4.34. The van der Waals surface area contributed by atoms with Gasteiger partial charge in [0.1, 0.15) is 12.4 Å². The number of nitrogens with zero attached hydrogens (tertiary/aromatic N) is 1. The molecule has 2 aliphatic rings. The molecule has 0 aromatic heterocycles. The summed E-state index contributed by atoms with van der Waals surface area (Å²) >= 11 is 0. The number of para-hydroxylation sites is 1. The number of methoxy groups -OCH3 is 1. The van der Waals surface area contributed by atoms with Crippen molar-refractivity contribution in [1.82, 2.24) is 5.32 Å². The second kappa shape index (κ2) is 6.94. The number of aliphatic imine (C=N–C) groups is 1. The van der Waals surface area contributed by atoms with Crippen LogP contribution in [0.2, 0.25) is 0 Å². The van der Waals surface area contributed by atoms with Crippen LogP contribution >= 0.6 is 0 Å². The van der Waals surface area contributed by atoms with Crippen molar-refractivity contribution in [2.45, 2.75) is 31.7 Å². The first kappa shape index (κ1) is 14.4. The molecule has 1 atom stereocenters. The summed E-state index contributed by atoms with van der Waals surface area (Å²) in [5.41, 5.74) is 1.21. The van der Waals surface area contributed by atoms with Gasteiger partial charge in [-0.2, -0.15) is 0 Å². The molecule has 0 saturated carbocycles. The smallest absolute Gasteiger partial charge is 0.183 e. The molecule has 1 aromatic carbocycles. The van der Waals surface area contributed by atoms with E-state index >= 15 is 0 Å². The van der Waals surface area contributed by atoms with Gasteiger partial charge >= 0.3 is 0 Å². The topological polar surface area (TPSA) is 42.9 Å². The molecule has 1 saturated heterocycles. The van der Waals surface area contributed by atoms with Gasteiger partial charge in [-0.05, 0) is 43.5 Å². The molecule has 2 heterocycles. The van der Waals surface area contributed by atoms with E-state index in [0.717, 1.165) is 43.5 Å². The molecular formula is C17H24N2O2. The van der Waals surface area contributed by atoms with Crippen molar-refractivity contribution in [2.75, 3.05) is 26.8 Å². The number of benzene rings is 1. The Morgan fingerprint density at radius 3 is 2.86 bits per heavy atom. The van der Waals surface area contributed by atoms with Gasteiger partial charge in [0.25, 0.3) is 0 Å². The number of ether oxygens (including phenoxy) is 2. The monoisotopic (exact) mass is 288 g/mol. The summed E-state index contributed by atoms with van der Waals surface area (Å²) in [6, 6.07) is 8.40. The van der Waals surface area contributed by atoms with Gasteiger partial charge < -0.3 is 14.8 Å². The average molecular weight is 288 g/mol. The Balaban J connectivity index is 1.57. The zero-order valence-electron chi connectivity index (χ0n) is 12.7. The number of hydrogen-bond acceptors (Lipinski definition) is 4. The number of piperidine rings is 1. The summed E-state index contributed by atoms with van der Waals surface area (Å²) in [5, 5.41) is 3.40. The maximum absolute atomic E-state index is 5.80. The number of hydrogen-bond donors (Lipinski definition) is 1. The summed E-state index contributed by atoms with van der Waals surface area (Å²) < 4.78 is 11.2. The predicted molar refractivity (Wildman–Crippen MR) is 84.1 cm³/mol.